The number of nitrogens with one attached hydrogen (secondary N) is 1. The van der Waals surface area contributed by atoms with Crippen LogP contribution in [0.15, 0.2) is 47.5 Å². The fourth-order valence-electron chi connectivity index (χ4n) is 2.12. The topological polar surface area (TPSA) is 59.9 Å². The number of carbonyl (C=O) groups excluding carboxylic acids is 1. The average molecular weight is 467 g/mol. The second kappa shape index (κ2) is 9.99. The van der Waals surface area contributed by atoms with Crippen molar-refractivity contribution in [1.82, 2.24) is 0 Å². The third kappa shape index (κ3) is 6.50. The van der Waals surface area contributed by atoms with Gasteiger partial charge in [-0.3, -0.25) is 0 Å². The summed E-state index contributed by atoms with van der Waals surface area (Å²) in [6, 6.07) is 6.88. The summed E-state index contributed by atoms with van der Waals surface area (Å²) >= 11 is 10.3. The number of urea groups is 1. The van der Waals surface area contributed by atoms with E-state index in [2.05, 4.69) is 15.0 Å². The van der Waals surface area contributed by atoms with Crippen LogP contribution in [0.3, 0.4) is 0 Å². The van der Waals surface area contributed by atoms with Gasteiger partial charge < -0.3 is 14.8 Å². The molecule has 2 aromatic rings. The number of hydrogen-bond donors (Lipinski definition) is 1. The zero-order valence-electron chi connectivity index (χ0n) is 15.6. The van der Waals surface area contributed by atoms with E-state index in [1.807, 2.05) is 0 Å². The zero-order valence-corrected chi connectivity index (χ0v) is 17.1. The number of benzene rings is 2. The molecule has 11 heteroatoms. The van der Waals surface area contributed by atoms with Crippen LogP contribution in [-0.2, 0) is 4.74 Å². The van der Waals surface area contributed by atoms with Crippen molar-refractivity contribution in [2.45, 2.75) is 30.9 Å². The third-order valence-electron chi connectivity index (χ3n) is 3.34. The van der Waals surface area contributed by atoms with Crippen molar-refractivity contribution >= 4 is 40.8 Å². The van der Waals surface area contributed by atoms with Crippen LogP contribution in [0.1, 0.15) is 19.4 Å². The maximum atomic E-state index is 14.0. The molecule has 0 radical (unpaired) electrons. The highest BCUT2D eigenvalue weighted by molar-refractivity contribution is 6.44. The van der Waals surface area contributed by atoms with E-state index in [0.717, 1.165) is 30.3 Å². The fourth-order valence-corrected chi connectivity index (χ4v) is 2.21. The Morgan fingerprint density at radius 1 is 1.07 bits per heavy atom. The normalized spacial score (nSPS) is 12.3. The van der Waals surface area contributed by atoms with Crippen LogP contribution in [0.2, 0.25) is 0 Å². The van der Waals surface area contributed by atoms with Gasteiger partial charge in [-0.05, 0) is 50.2 Å². The number of aliphatic imine (C=N–C) groups is 1. The molecule has 162 valence electrons. The number of anilines is 1. The monoisotopic (exact) mass is 466 g/mol. The van der Waals surface area contributed by atoms with E-state index in [9.17, 15) is 22.4 Å². The molecule has 0 aromatic heterocycles. The summed E-state index contributed by atoms with van der Waals surface area (Å²) < 4.78 is 64.5. The lowest BCUT2D eigenvalue weighted by Gasteiger charge is -2.18. The highest BCUT2D eigenvalue weighted by atomic mass is 35.5. The average Bonchev–Trinajstić information content (AvgIpc) is 2.62. The second-order valence-electron chi connectivity index (χ2n) is 6.10. The van der Waals surface area contributed by atoms with Gasteiger partial charge in [-0.15, -0.1) is 0 Å². The Kier molecular flexibility index (Phi) is 7.91. The summed E-state index contributed by atoms with van der Waals surface area (Å²) in [7, 11) is 0. The standard InChI is InChI=1S/C19H16Cl2F4N2O3/c1-10(2)29-16(15-13(22)4-3-5-14(15)23)27-18(28)26-11-6-8-12(9-7-11)30-19(24,25)17(20)21/h3-10,17H,1-2H3,(H,26,28)/b27-16-. The van der Waals surface area contributed by atoms with E-state index in [4.69, 9.17) is 27.9 Å². The van der Waals surface area contributed by atoms with E-state index in [0.29, 0.717) is 0 Å². The molecular formula is C19H16Cl2F4N2O3. The summed E-state index contributed by atoms with van der Waals surface area (Å²) in [6.45, 7) is 3.18. The number of halogens is 6. The van der Waals surface area contributed by atoms with Crippen molar-refractivity contribution in [1.29, 1.82) is 0 Å². The minimum Gasteiger partial charge on any atom is -0.474 e. The fraction of sp³-hybridized carbons (Fsp3) is 0.263. The molecule has 2 rings (SSSR count). The van der Waals surface area contributed by atoms with E-state index < -0.39 is 46.2 Å². The molecule has 0 bridgehead atoms. The summed E-state index contributed by atoms with van der Waals surface area (Å²) in [6.07, 6.45) is -4.34. The number of hydrogen-bond acceptors (Lipinski definition) is 3. The van der Waals surface area contributed by atoms with E-state index in [-0.39, 0.29) is 11.4 Å². The minimum absolute atomic E-state index is 0.144. The molecule has 0 fully saturated rings. The van der Waals surface area contributed by atoms with Crippen molar-refractivity contribution in [3.8, 4) is 5.75 Å². The first kappa shape index (κ1) is 23.8. The molecule has 0 aliphatic rings. The predicted octanol–water partition coefficient (Wildman–Crippen LogP) is 6.14. The quantitative estimate of drug-likeness (QED) is 0.240. The van der Waals surface area contributed by atoms with Gasteiger partial charge in [0, 0.05) is 5.69 Å². The van der Waals surface area contributed by atoms with Crippen LogP contribution < -0.4 is 10.1 Å². The molecule has 0 saturated carbocycles. The minimum atomic E-state index is -3.81. The molecular weight excluding hydrogens is 451 g/mol. The third-order valence-corrected chi connectivity index (χ3v) is 3.85. The summed E-state index contributed by atoms with van der Waals surface area (Å²) in [5.41, 5.74) is -0.449. The maximum Gasteiger partial charge on any atom is 0.428 e. The molecule has 5 nitrogen and oxygen atoms in total. The first-order valence-electron chi connectivity index (χ1n) is 8.45. The van der Waals surface area contributed by atoms with Crippen molar-refractivity contribution in [3.63, 3.8) is 0 Å². The van der Waals surface area contributed by atoms with Gasteiger partial charge in [-0.1, -0.05) is 29.3 Å². The number of rotatable bonds is 6. The first-order chi connectivity index (χ1) is 14.0. The molecule has 0 saturated heterocycles. The summed E-state index contributed by atoms with van der Waals surface area (Å²) in [4.78, 5) is 13.7. The molecule has 2 amide bonds. The Morgan fingerprint density at radius 3 is 2.13 bits per heavy atom. The highest BCUT2D eigenvalue weighted by Crippen LogP contribution is 2.30. The highest BCUT2D eigenvalue weighted by Gasteiger charge is 2.40. The van der Waals surface area contributed by atoms with Gasteiger partial charge in [0.25, 0.3) is 0 Å². The van der Waals surface area contributed by atoms with Gasteiger partial charge in [0.1, 0.15) is 22.9 Å². The predicted molar refractivity (Wildman–Crippen MR) is 106 cm³/mol. The number of amides is 2. The van der Waals surface area contributed by atoms with Crippen LogP contribution in [0.25, 0.3) is 0 Å². The van der Waals surface area contributed by atoms with Gasteiger partial charge in [0.2, 0.25) is 10.7 Å². The number of carbonyl (C=O) groups is 1. The van der Waals surface area contributed by atoms with Gasteiger partial charge in [0.15, 0.2) is 0 Å². The molecule has 0 aliphatic carbocycles. The number of nitrogens with zero attached hydrogens (tertiary/aromatic N) is 1. The van der Waals surface area contributed by atoms with Crippen LogP contribution >= 0.6 is 23.2 Å². The lowest BCUT2D eigenvalue weighted by Crippen LogP contribution is -2.32. The Balaban J connectivity index is 2.19. The number of ether oxygens (including phenoxy) is 2. The van der Waals surface area contributed by atoms with Crippen LogP contribution in [0.4, 0.5) is 28.0 Å². The van der Waals surface area contributed by atoms with Gasteiger partial charge >= 0.3 is 12.1 Å². The van der Waals surface area contributed by atoms with Gasteiger partial charge in [0.05, 0.1) is 6.10 Å². The molecule has 0 spiro atoms. The molecule has 0 heterocycles. The number of alkyl halides is 4. The van der Waals surface area contributed by atoms with Crippen molar-refractivity contribution in [2.75, 3.05) is 5.32 Å². The molecule has 1 N–H and O–H groups in total. The van der Waals surface area contributed by atoms with E-state index >= 15 is 0 Å². The Bertz CT molecular complexity index is 902. The van der Waals surface area contributed by atoms with E-state index in [1.165, 1.54) is 12.1 Å². The zero-order chi connectivity index (χ0) is 22.5. The van der Waals surface area contributed by atoms with Crippen LogP contribution in [0.5, 0.6) is 5.75 Å². The van der Waals surface area contributed by atoms with Crippen molar-refractivity contribution in [3.05, 3.63) is 59.7 Å². The van der Waals surface area contributed by atoms with Crippen molar-refractivity contribution in [2.24, 2.45) is 4.99 Å². The van der Waals surface area contributed by atoms with E-state index in [1.54, 1.807) is 13.8 Å². The van der Waals surface area contributed by atoms with Gasteiger partial charge in [-0.2, -0.15) is 13.8 Å². The maximum absolute atomic E-state index is 14.0. The molecule has 0 unspecified atom stereocenters. The summed E-state index contributed by atoms with van der Waals surface area (Å²) in [5, 5.41) is 2.32. The second-order valence-corrected chi connectivity index (χ2v) is 7.20. The first-order valence-corrected chi connectivity index (χ1v) is 9.32. The smallest absolute Gasteiger partial charge is 0.428 e. The molecule has 30 heavy (non-hydrogen) atoms. The van der Waals surface area contributed by atoms with Crippen LogP contribution in [0, 0.1) is 11.6 Å². The molecule has 0 atom stereocenters. The molecule has 2 aromatic carbocycles. The Hall–Kier alpha value is -2.52. The Morgan fingerprint density at radius 2 is 1.63 bits per heavy atom. The largest absolute Gasteiger partial charge is 0.474 e. The van der Waals surface area contributed by atoms with Gasteiger partial charge in [-0.25, -0.2) is 13.6 Å². The Labute approximate surface area is 179 Å². The lowest BCUT2D eigenvalue weighted by atomic mass is 10.2. The van der Waals surface area contributed by atoms with Crippen molar-refractivity contribution < 1.29 is 31.8 Å². The summed E-state index contributed by atoms with van der Waals surface area (Å²) in [5.74, 6) is -2.72. The molecule has 0 aliphatic heterocycles. The lowest BCUT2D eigenvalue weighted by molar-refractivity contribution is -0.163. The SMILES string of the molecule is CC(C)O/C(=N\C(=O)Nc1ccc(OC(F)(F)C(Cl)Cl)cc1)c1c(F)cccc1F. The van der Waals surface area contributed by atoms with Crippen LogP contribution in [-0.4, -0.2) is 29.0 Å².